The first-order chi connectivity index (χ1) is 4.69. The molecule has 0 bridgehead atoms. The fourth-order valence-corrected chi connectivity index (χ4v) is 0.633. The summed E-state index contributed by atoms with van der Waals surface area (Å²) in [7, 11) is 0. The molecule has 0 aromatic heterocycles. The minimum atomic E-state index is -0.825. The van der Waals surface area contributed by atoms with Gasteiger partial charge in [0.2, 0.25) is 0 Å². The van der Waals surface area contributed by atoms with Crippen LogP contribution >= 0.6 is 0 Å². The maximum Gasteiger partial charge on any atom is 0.261 e. The van der Waals surface area contributed by atoms with Crippen LogP contribution in [0.3, 0.4) is 0 Å². The number of amides is 1. The van der Waals surface area contributed by atoms with Crippen molar-refractivity contribution in [3.63, 3.8) is 0 Å². The summed E-state index contributed by atoms with van der Waals surface area (Å²) >= 11 is 0. The van der Waals surface area contributed by atoms with Gasteiger partial charge in [-0.2, -0.15) is 0 Å². The largest absolute Gasteiger partial charge is 0.415 e. The Labute approximate surface area is 58.1 Å². The fraction of sp³-hybridized carbons (Fsp3) is 0.400. The average Bonchev–Trinajstić information content (AvgIpc) is 2.36. The van der Waals surface area contributed by atoms with Gasteiger partial charge in [0.15, 0.2) is 5.54 Å². The van der Waals surface area contributed by atoms with Crippen LogP contribution in [-0.2, 0) is 9.63 Å². The summed E-state index contributed by atoms with van der Waals surface area (Å²) in [5, 5.41) is 0. The molecule has 0 radical (unpaired) electrons. The zero-order chi connectivity index (χ0) is 7.61. The van der Waals surface area contributed by atoms with Crippen LogP contribution in [0.2, 0.25) is 0 Å². The van der Waals surface area contributed by atoms with Gasteiger partial charge in [0.05, 0.1) is 0 Å². The lowest BCUT2D eigenvalue weighted by Gasteiger charge is -2.17. The maximum atomic E-state index is 10.9. The van der Waals surface area contributed by atoms with Crippen molar-refractivity contribution in [2.45, 2.75) is 12.5 Å². The molecule has 1 atom stereocenters. The summed E-state index contributed by atoms with van der Waals surface area (Å²) in [6.45, 7) is 1.65. The van der Waals surface area contributed by atoms with Crippen molar-refractivity contribution in [2.24, 2.45) is 5.84 Å². The molecule has 5 heteroatoms. The molecule has 1 aliphatic rings. The van der Waals surface area contributed by atoms with Crippen LogP contribution in [0.25, 0.3) is 0 Å². The monoisotopic (exact) mass is 143 g/mol. The zero-order valence-corrected chi connectivity index (χ0v) is 5.55. The summed E-state index contributed by atoms with van der Waals surface area (Å²) in [5.74, 6) is 4.58. The SMILES string of the molecule is CC1(C(=O)NN)C=CON1. The first kappa shape index (κ1) is 7.04. The number of hydrogen-bond donors (Lipinski definition) is 3. The molecule has 56 valence electrons. The normalized spacial score (nSPS) is 29.8. The molecule has 0 saturated heterocycles. The Kier molecular flexibility index (Phi) is 1.60. The van der Waals surface area contributed by atoms with E-state index < -0.39 is 5.54 Å². The number of carbonyl (C=O) groups is 1. The first-order valence-corrected chi connectivity index (χ1v) is 2.80. The molecule has 0 aromatic rings. The quantitative estimate of drug-likeness (QED) is 0.244. The van der Waals surface area contributed by atoms with Gasteiger partial charge in [-0.3, -0.25) is 10.2 Å². The molecule has 1 heterocycles. The predicted molar refractivity (Wildman–Crippen MR) is 34.1 cm³/mol. The summed E-state index contributed by atoms with van der Waals surface area (Å²) in [6, 6.07) is 0. The van der Waals surface area contributed by atoms with Crippen molar-refractivity contribution in [3.05, 3.63) is 12.3 Å². The zero-order valence-electron chi connectivity index (χ0n) is 5.55. The molecule has 1 unspecified atom stereocenters. The molecule has 0 spiro atoms. The van der Waals surface area contributed by atoms with Gasteiger partial charge in [-0.25, -0.2) is 5.84 Å². The second-order valence-corrected chi connectivity index (χ2v) is 2.20. The van der Waals surface area contributed by atoms with Gasteiger partial charge in [-0.05, 0) is 13.0 Å². The smallest absolute Gasteiger partial charge is 0.261 e. The van der Waals surface area contributed by atoms with Gasteiger partial charge in [-0.1, -0.05) is 0 Å². The van der Waals surface area contributed by atoms with Gasteiger partial charge in [0, 0.05) is 0 Å². The highest BCUT2D eigenvalue weighted by Gasteiger charge is 2.33. The summed E-state index contributed by atoms with van der Waals surface area (Å²) in [4.78, 5) is 15.5. The molecular formula is C5H9N3O2. The Morgan fingerprint density at radius 1 is 1.90 bits per heavy atom. The standard InChI is InChI=1S/C5H9N3O2/c1-5(4(9)7-6)2-3-10-8-5/h2-3,8H,6H2,1H3,(H,7,9). The summed E-state index contributed by atoms with van der Waals surface area (Å²) in [5.41, 5.74) is 3.67. The lowest BCUT2D eigenvalue weighted by Crippen LogP contribution is -2.52. The molecule has 5 nitrogen and oxygen atoms in total. The van der Waals surface area contributed by atoms with Crippen LogP contribution in [-0.4, -0.2) is 11.4 Å². The average molecular weight is 143 g/mol. The molecule has 1 rings (SSSR count). The molecule has 0 aromatic carbocycles. The molecule has 4 N–H and O–H groups in total. The highest BCUT2D eigenvalue weighted by molar-refractivity contribution is 5.87. The number of carbonyl (C=O) groups excluding carboxylic acids is 1. The molecule has 10 heavy (non-hydrogen) atoms. The van der Waals surface area contributed by atoms with Crippen LogP contribution < -0.4 is 16.7 Å². The van der Waals surface area contributed by atoms with Crippen molar-refractivity contribution in [3.8, 4) is 0 Å². The number of hydroxylamine groups is 1. The second-order valence-electron chi connectivity index (χ2n) is 2.20. The number of hydrogen-bond acceptors (Lipinski definition) is 4. The lowest BCUT2D eigenvalue weighted by atomic mass is 10.0. The highest BCUT2D eigenvalue weighted by Crippen LogP contribution is 2.10. The molecule has 0 aliphatic carbocycles. The van der Waals surface area contributed by atoms with Gasteiger partial charge in [0.25, 0.3) is 5.91 Å². The van der Waals surface area contributed by atoms with E-state index in [9.17, 15) is 4.79 Å². The number of nitrogens with one attached hydrogen (secondary N) is 2. The molecule has 0 fully saturated rings. The van der Waals surface area contributed by atoms with Crippen molar-refractivity contribution in [1.29, 1.82) is 0 Å². The van der Waals surface area contributed by atoms with Crippen molar-refractivity contribution >= 4 is 5.91 Å². The number of rotatable bonds is 1. The van der Waals surface area contributed by atoms with E-state index >= 15 is 0 Å². The van der Waals surface area contributed by atoms with Gasteiger partial charge in [0.1, 0.15) is 6.26 Å². The van der Waals surface area contributed by atoms with E-state index in [1.54, 1.807) is 13.0 Å². The number of hydrazine groups is 1. The molecule has 1 aliphatic heterocycles. The molecular weight excluding hydrogens is 134 g/mol. The Hall–Kier alpha value is -1.07. The van der Waals surface area contributed by atoms with E-state index in [1.165, 1.54) is 6.26 Å². The van der Waals surface area contributed by atoms with E-state index in [0.717, 1.165) is 0 Å². The fourth-order valence-electron chi connectivity index (χ4n) is 0.633. The third kappa shape index (κ3) is 0.960. The van der Waals surface area contributed by atoms with Crippen LogP contribution in [0.5, 0.6) is 0 Å². The minimum absolute atomic E-state index is 0.332. The van der Waals surface area contributed by atoms with E-state index in [1.807, 2.05) is 5.43 Å². The Morgan fingerprint density at radius 2 is 2.60 bits per heavy atom. The van der Waals surface area contributed by atoms with Gasteiger partial charge < -0.3 is 4.84 Å². The molecule has 0 saturated carbocycles. The molecule has 1 amide bonds. The Balaban J connectivity index is 2.68. The lowest BCUT2D eigenvalue weighted by molar-refractivity contribution is -0.127. The topological polar surface area (TPSA) is 76.4 Å². The van der Waals surface area contributed by atoms with E-state index in [-0.39, 0.29) is 5.91 Å². The van der Waals surface area contributed by atoms with Crippen LogP contribution in [0.15, 0.2) is 12.3 Å². The highest BCUT2D eigenvalue weighted by atomic mass is 16.6. The van der Waals surface area contributed by atoms with E-state index in [0.29, 0.717) is 0 Å². The van der Waals surface area contributed by atoms with Gasteiger partial charge in [-0.15, -0.1) is 5.48 Å². The van der Waals surface area contributed by atoms with E-state index in [2.05, 4.69) is 10.3 Å². The Morgan fingerprint density at radius 3 is 3.00 bits per heavy atom. The van der Waals surface area contributed by atoms with E-state index in [4.69, 9.17) is 5.84 Å². The van der Waals surface area contributed by atoms with Crippen molar-refractivity contribution in [1.82, 2.24) is 10.9 Å². The van der Waals surface area contributed by atoms with Crippen molar-refractivity contribution in [2.75, 3.05) is 0 Å². The first-order valence-electron chi connectivity index (χ1n) is 2.80. The van der Waals surface area contributed by atoms with Gasteiger partial charge >= 0.3 is 0 Å². The summed E-state index contributed by atoms with van der Waals surface area (Å²) < 4.78 is 0. The summed E-state index contributed by atoms with van der Waals surface area (Å²) in [6.07, 6.45) is 2.98. The van der Waals surface area contributed by atoms with Crippen molar-refractivity contribution < 1.29 is 9.63 Å². The van der Waals surface area contributed by atoms with Crippen LogP contribution in [0, 0.1) is 0 Å². The maximum absolute atomic E-state index is 10.9. The Bertz CT molecular complexity index is 180. The van der Waals surface area contributed by atoms with Crippen LogP contribution in [0.4, 0.5) is 0 Å². The minimum Gasteiger partial charge on any atom is -0.415 e. The predicted octanol–water partition coefficient (Wildman–Crippen LogP) is -1.22. The third-order valence-electron chi connectivity index (χ3n) is 1.34. The van der Waals surface area contributed by atoms with Crippen LogP contribution in [0.1, 0.15) is 6.92 Å². The second kappa shape index (κ2) is 2.28. The third-order valence-corrected chi connectivity index (χ3v) is 1.34. The number of nitrogens with two attached hydrogens (primary N) is 1.